The van der Waals surface area contributed by atoms with Crippen LogP contribution in [-0.4, -0.2) is 23.6 Å². The molecule has 0 aromatic heterocycles. The maximum atomic E-state index is 12.2. The summed E-state index contributed by atoms with van der Waals surface area (Å²) in [5.41, 5.74) is 7.47. The molecule has 2 fully saturated rings. The Balaban J connectivity index is 1.30. The Labute approximate surface area is 227 Å². The molecule has 0 spiro atoms. The van der Waals surface area contributed by atoms with Crippen molar-refractivity contribution in [2.45, 2.75) is 76.7 Å². The molecule has 6 rings (SSSR count). The third-order valence-electron chi connectivity index (χ3n) is 10.5. The summed E-state index contributed by atoms with van der Waals surface area (Å²) in [5, 5.41) is 11.5. The summed E-state index contributed by atoms with van der Waals surface area (Å²) in [5.74, 6) is 2.51. The van der Waals surface area contributed by atoms with Gasteiger partial charge < -0.3 is 9.84 Å². The van der Waals surface area contributed by atoms with Crippen LogP contribution < -0.4 is 4.74 Å². The van der Waals surface area contributed by atoms with Crippen molar-refractivity contribution >= 4 is 11.9 Å². The normalized spacial score (nSPS) is 32.6. The second kappa shape index (κ2) is 9.68. The van der Waals surface area contributed by atoms with Gasteiger partial charge >= 0.3 is 0 Å². The number of allylic oxidation sites excluding steroid dienone is 5. The number of aliphatic hydroxyl groups is 1. The van der Waals surface area contributed by atoms with Crippen molar-refractivity contribution in [2.24, 2.45) is 17.3 Å². The van der Waals surface area contributed by atoms with Gasteiger partial charge in [0.2, 0.25) is 0 Å². The molecular formula is C35H40O3. The number of hydrogen-bond donors (Lipinski definition) is 1. The van der Waals surface area contributed by atoms with Gasteiger partial charge in [0.1, 0.15) is 5.75 Å². The third-order valence-corrected chi connectivity index (χ3v) is 10.5. The van der Waals surface area contributed by atoms with Crippen molar-refractivity contribution in [3.8, 4) is 5.75 Å². The Morgan fingerprint density at radius 3 is 2.50 bits per heavy atom. The van der Waals surface area contributed by atoms with E-state index < -0.39 is 5.60 Å². The number of methoxy groups -OCH3 is 1. The molecule has 1 N–H and O–H groups in total. The van der Waals surface area contributed by atoms with Crippen LogP contribution in [0, 0.1) is 17.3 Å². The van der Waals surface area contributed by atoms with Crippen LogP contribution in [0.15, 0.2) is 77.4 Å². The predicted octanol–water partition coefficient (Wildman–Crippen LogP) is 7.60. The van der Waals surface area contributed by atoms with Crippen LogP contribution in [0.3, 0.4) is 0 Å². The number of benzene rings is 2. The summed E-state index contributed by atoms with van der Waals surface area (Å²) in [6.45, 7) is 4.43. The molecule has 0 aliphatic heterocycles. The van der Waals surface area contributed by atoms with E-state index in [0.717, 1.165) is 50.7 Å². The monoisotopic (exact) mass is 508 g/mol. The number of rotatable bonds is 5. The first-order valence-electron chi connectivity index (χ1n) is 14.4. The highest BCUT2D eigenvalue weighted by Gasteiger charge is 2.60. The van der Waals surface area contributed by atoms with Crippen LogP contribution in [0.4, 0.5) is 0 Å². The molecule has 4 aliphatic rings. The average Bonchev–Trinajstić information content (AvgIpc) is 3.17. The highest BCUT2D eigenvalue weighted by Crippen LogP contribution is 2.66. The molecule has 2 saturated carbocycles. The zero-order valence-electron chi connectivity index (χ0n) is 23.0. The Hall–Kier alpha value is -2.91. The van der Waals surface area contributed by atoms with E-state index in [-0.39, 0.29) is 11.2 Å². The van der Waals surface area contributed by atoms with Gasteiger partial charge in [-0.3, -0.25) is 4.79 Å². The van der Waals surface area contributed by atoms with Gasteiger partial charge in [-0.05, 0) is 110 Å². The molecule has 0 radical (unpaired) electrons. The molecule has 0 heterocycles. The molecule has 3 unspecified atom stereocenters. The molecule has 2 aromatic rings. The number of carbonyl (C=O) groups excluding carboxylic acids is 1. The number of hydrogen-bond acceptors (Lipinski definition) is 3. The lowest BCUT2D eigenvalue weighted by Gasteiger charge is -2.54. The first-order chi connectivity index (χ1) is 18.3. The van der Waals surface area contributed by atoms with Gasteiger partial charge in [0.25, 0.3) is 0 Å². The minimum atomic E-state index is -0.630. The van der Waals surface area contributed by atoms with Crippen LogP contribution in [0.1, 0.15) is 81.4 Å². The van der Waals surface area contributed by atoms with Crippen molar-refractivity contribution in [3.63, 3.8) is 0 Å². The summed E-state index contributed by atoms with van der Waals surface area (Å²) in [4.78, 5) is 12.2. The molecular weight excluding hydrogens is 468 g/mol. The molecule has 0 bridgehead atoms. The van der Waals surface area contributed by atoms with Crippen molar-refractivity contribution < 1.29 is 14.6 Å². The number of ketones is 1. The predicted molar refractivity (Wildman–Crippen MR) is 153 cm³/mol. The summed E-state index contributed by atoms with van der Waals surface area (Å²) < 4.78 is 5.26. The Morgan fingerprint density at radius 2 is 1.76 bits per heavy atom. The van der Waals surface area contributed by atoms with Gasteiger partial charge in [-0.1, -0.05) is 61.0 Å². The zero-order valence-corrected chi connectivity index (χ0v) is 23.0. The smallest absolute Gasteiger partial charge is 0.156 e. The maximum absolute atomic E-state index is 12.2. The fourth-order valence-corrected chi connectivity index (χ4v) is 8.11. The fraction of sp³-hybridized carbons (Fsp3) is 0.457. The lowest BCUT2D eigenvalue weighted by atomic mass is 9.51. The molecule has 2 aromatic carbocycles. The highest BCUT2D eigenvalue weighted by molar-refractivity contribution is 5.93. The van der Waals surface area contributed by atoms with Gasteiger partial charge in [0, 0.05) is 17.8 Å². The molecule has 0 amide bonds. The molecule has 4 aliphatic carbocycles. The molecule has 0 saturated heterocycles. The van der Waals surface area contributed by atoms with Gasteiger partial charge in [0.05, 0.1) is 12.7 Å². The maximum Gasteiger partial charge on any atom is 0.156 e. The summed E-state index contributed by atoms with van der Waals surface area (Å²) in [6, 6.07) is 17.3. The largest absolute Gasteiger partial charge is 0.497 e. The highest BCUT2D eigenvalue weighted by atomic mass is 16.5. The molecule has 198 valence electrons. The lowest BCUT2D eigenvalue weighted by molar-refractivity contribution is -0.114. The van der Waals surface area contributed by atoms with Crippen LogP contribution in [0.5, 0.6) is 5.75 Å². The molecule has 3 nitrogen and oxygen atoms in total. The minimum Gasteiger partial charge on any atom is -0.497 e. The van der Waals surface area contributed by atoms with E-state index in [2.05, 4.69) is 62.4 Å². The van der Waals surface area contributed by atoms with Gasteiger partial charge in [0.15, 0.2) is 5.78 Å². The van der Waals surface area contributed by atoms with Crippen molar-refractivity contribution in [3.05, 3.63) is 94.1 Å². The molecule has 3 heteroatoms. The number of fused-ring (bicyclic) bond motifs is 4. The standard InChI is InChI=1S/C35H40O3/c1-34-22-31(25-11-7-23(8-12-25)5-4-6-24-9-15-28(38-3)16-10-24)33-29-18-14-27(36)21-26(29)13-17-30(33)32(34)19-20-35(34,2)37/h4-5,7-12,15-16,21,30-32,37H,6,13-14,17-20,22H2,1-3H3/b5-4+/t30?,31-,32?,34+,35?/m1/s1. The summed E-state index contributed by atoms with van der Waals surface area (Å²) in [7, 11) is 1.69. The van der Waals surface area contributed by atoms with E-state index >= 15 is 0 Å². The molecule has 5 atom stereocenters. The van der Waals surface area contributed by atoms with Crippen molar-refractivity contribution in [1.29, 1.82) is 0 Å². The second-order valence-electron chi connectivity index (χ2n) is 12.4. The number of carbonyl (C=O) groups is 1. The lowest BCUT2D eigenvalue weighted by Crippen LogP contribution is -2.50. The second-order valence-corrected chi connectivity index (χ2v) is 12.4. The molecule has 38 heavy (non-hydrogen) atoms. The Bertz CT molecular complexity index is 1310. The van der Waals surface area contributed by atoms with Crippen molar-refractivity contribution in [1.82, 2.24) is 0 Å². The van der Waals surface area contributed by atoms with Gasteiger partial charge in [-0.25, -0.2) is 0 Å². The van der Waals surface area contributed by atoms with Gasteiger partial charge in [-0.15, -0.1) is 0 Å². The zero-order chi connectivity index (χ0) is 26.5. The number of ether oxygens (including phenoxy) is 1. The SMILES string of the molecule is COc1ccc(C/C=C/c2ccc([C@H]3C[C@@]4(C)C(CCC4(C)O)C4CCC5=CC(=O)CCC5=C43)cc2)cc1. The van der Waals surface area contributed by atoms with Crippen LogP contribution in [0.2, 0.25) is 0 Å². The van der Waals surface area contributed by atoms with Crippen LogP contribution in [-0.2, 0) is 11.2 Å². The first-order valence-corrected chi connectivity index (χ1v) is 14.4. The Kier molecular flexibility index (Phi) is 6.46. The van der Waals surface area contributed by atoms with E-state index in [1.54, 1.807) is 12.7 Å². The average molecular weight is 509 g/mol. The summed E-state index contributed by atoms with van der Waals surface area (Å²) in [6.07, 6.45) is 13.9. The third kappa shape index (κ3) is 4.29. The fourth-order valence-electron chi connectivity index (χ4n) is 8.11. The van der Waals surface area contributed by atoms with E-state index in [4.69, 9.17) is 4.74 Å². The van der Waals surface area contributed by atoms with E-state index in [0.29, 0.717) is 24.2 Å². The van der Waals surface area contributed by atoms with Gasteiger partial charge in [-0.2, -0.15) is 0 Å². The van der Waals surface area contributed by atoms with E-state index in [9.17, 15) is 9.90 Å². The van der Waals surface area contributed by atoms with E-state index in [1.165, 1.54) is 27.8 Å². The topological polar surface area (TPSA) is 46.5 Å². The summed E-state index contributed by atoms with van der Waals surface area (Å²) >= 11 is 0. The Morgan fingerprint density at radius 1 is 1.00 bits per heavy atom. The van der Waals surface area contributed by atoms with Crippen molar-refractivity contribution in [2.75, 3.05) is 7.11 Å². The van der Waals surface area contributed by atoms with E-state index in [1.807, 2.05) is 18.2 Å². The quantitative estimate of drug-likeness (QED) is 0.452. The minimum absolute atomic E-state index is 0.0883. The first kappa shape index (κ1) is 25.4. The van der Waals surface area contributed by atoms with Crippen LogP contribution >= 0.6 is 0 Å². The van der Waals surface area contributed by atoms with Crippen LogP contribution in [0.25, 0.3) is 6.08 Å².